The quantitative estimate of drug-likeness (QED) is 0.905. The third-order valence-corrected chi connectivity index (χ3v) is 2.95. The number of amides is 1. The Kier molecular flexibility index (Phi) is 4.27. The minimum atomic E-state index is -1.31. The number of nitrogens with zero attached hydrogens (tertiary/aromatic N) is 1. The number of carboxylic acid groups (broad SMARTS) is 1. The zero-order valence-electron chi connectivity index (χ0n) is 11.3. The van der Waals surface area contributed by atoms with E-state index in [4.69, 9.17) is 5.11 Å². The van der Waals surface area contributed by atoms with Crippen molar-refractivity contribution < 1.29 is 19.1 Å². The molecule has 0 unspecified atom stereocenters. The monoisotopic (exact) mass is 288 g/mol. The Hall–Kier alpha value is -2.76. The molecular weight excluding hydrogens is 275 g/mol. The lowest BCUT2D eigenvalue weighted by atomic mass is 10.1. The van der Waals surface area contributed by atoms with E-state index in [9.17, 15) is 14.0 Å². The van der Waals surface area contributed by atoms with Crippen molar-refractivity contribution in [3.8, 4) is 0 Å². The van der Waals surface area contributed by atoms with E-state index in [-0.39, 0.29) is 17.7 Å². The molecule has 0 atom stereocenters. The van der Waals surface area contributed by atoms with Gasteiger partial charge in [0.05, 0.1) is 23.4 Å². The summed E-state index contributed by atoms with van der Waals surface area (Å²) in [6.07, 6.45) is 1.50. The number of aryl methyl sites for hydroxylation is 1. The lowest BCUT2D eigenvalue weighted by Gasteiger charge is -2.10. The smallest absolute Gasteiger partial charge is 0.337 e. The Morgan fingerprint density at radius 2 is 2.05 bits per heavy atom. The topological polar surface area (TPSA) is 79.3 Å². The second-order valence-electron chi connectivity index (χ2n) is 4.46. The fraction of sp³-hybridized carbons (Fsp3) is 0.133. The first kappa shape index (κ1) is 14.6. The molecule has 108 valence electrons. The normalized spacial score (nSPS) is 10.2. The molecule has 0 fully saturated rings. The van der Waals surface area contributed by atoms with E-state index in [0.717, 1.165) is 11.6 Å². The SMILES string of the molecule is Cc1cccnc1CC(=O)Nc1c(F)cccc1C(=O)O. The van der Waals surface area contributed by atoms with Gasteiger partial charge in [0, 0.05) is 6.20 Å². The number of hydrogen-bond donors (Lipinski definition) is 2. The zero-order valence-corrected chi connectivity index (χ0v) is 11.3. The number of halogens is 1. The fourth-order valence-electron chi connectivity index (χ4n) is 1.87. The second kappa shape index (κ2) is 6.13. The molecule has 0 radical (unpaired) electrons. The number of para-hydroxylation sites is 1. The summed E-state index contributed by atoms with van der Waals surface area (Å²) in [5.74, 6) is -2.62. The average Bonchev–Trinajstić information content (AvgIpc) is 2.43. The molecule has 21 heavy (non-hydrogen) atoms. The maximum Gasteiger partial charge on any atom is 0.337 e. The summed E-state index contributed by atoms with van der Waals surface area (Å²) in [5.41, 5.74) is 0.771. The number of carboxylic acids is 1. The van der Waals surface area contributed by atoms with Crippen LogP contribution in [0.5, 0.6) is 0 Å². The van der Waals surface area contributed by atoms with Gasteiger partial charge in [0.1, 0.15) is 5.82 Å². The molecular formula is C15H13FN2O3. The van der Waals surface area contributed by atoms with Crippen LogP contribution >= 0.6 is 0 Å². The molecule has 2 aromatic rings. The molecule has 0 saturated heterocycles. The highest BCUT2D eigenvalue weighted by molar-refractivity contribution is 6.01. The van der Waals surface area contributed by atoms with Gasteiger partial charge in [0.2, 0.25) is 5.91 Å². The van der Waals surface area contributed by atoms with E-state index >= 15 is 0 Å². The van der Waals surface area contributed by atoms with Crippen molar-refractivity contribution >= 4 is 17.6 Å². The molecule has 0 aliphatic carbocycles. The van der Waals surface area contributed by atoms with E-state index in [1.165, 1.54) is 12.1 Å². The lowest BCUT2D eigenvalue weighted by Crippen LogP contribution is -2.19. The van der Waals surface area contributed by atoms with Crippen LogP contribution in [0.15, 0.2) is 36.5 Å². The van der Waals surface area contributed by atoms with Crippen molar-refractivity contribution in [3.05, 3.63) is 59.2 Å². The summed E-state index contributed by atoms with van der Waals surface area (Å²) in [6.45, 7) is 1.81. The predicted octanol–water partition coefficient (Wildman–Crippen LogP) is 2.41. The van der Waals surface area contributed by atoms with Crippen LogP contribution in [-0.4, -0.2) is 22.0 Å². The van der Waals surface area contributed by atoms with Gasteiger partial charge in [-0.15, -0.1) is 0 Å². The molecule has 0 aliphatic rings. The third kappa shape index (κ3) is 3.42. The van der Waals surface area contributed by atoms with Gasteiger partial charge in [-0.25, -0.2) is 9.18 Å². The summed E-state index contributed by atoms with van der Waals surface area (Å²) in [7, 11) is 0. The van der Waals surface area contributed by atoms with Gasteiger partial charge in [-0.05, 0) is 30.7 Å². The van der Waals surface area contributed by atoms with Gasteiger partial charge in [-0.3, -0.25) is 9.78 Å². The Morgan fingerprint density at radius 1 is 1.29 bits per heavy atom. The van der Waals surface area contributed by atoms with Crippen LogP contribution in [0.3, 0.4) is 0 Å². The van der Waals surface area contributed by atoms with E-state index < -0.39 is 17.7 Å². The summed E-state index contributed by atoms with van der Waals surface area (Å²) in [5, 5.41) is 11.3. The number of nitrogens with one attached hydrogen (secondary N) is 1. The van der Waals surface area contributed by atoms with Crippen LogP contribution in [0.2, 0.25) is 0 Å². The van der Waals surface area contributed by atoms with Gasteiger partial charge in [0.15, 0.2) is 0 Å². The first-order valence-corrected chi connectivity index (χ1v) is 6.21. The first-order valence-electron chi connectivity index (χ1n) is 6.21. The van der Waals surface area contributed by atoms with Crippen LogP contribution in [0.4, 0.5) is 10.1 Å². The predicted molar refractivity (Wildman–Crippen MR) is 74.7 cm³/mol. The fourth-order valence-corrected chi connectivity index (χ4v) is 1.87. The molecule has 0 aliphatic heterocycles. The van der Waals surface area contributed by atoms with Crippen molar-refractivity contribution in [3.63, 3.8) is 0 Å². The van der Waals surface area contributed by atoms with Gasteiger partial charge in [-0.2, -0.15) is 0 Å². The first-order chi connectivity index (χ1) is 9.99. The largest absolute Gasteiger partial charge is 0.478 e. The standard InChI is InChI=1S/C15H13FN2O3/c1-9-4-3-7-17-12(9)8-13(19)18-14-10(15(20)21)5-2-6-11(14)16/h2-7H,8H2,1H3,(H,18,19)(H,20,21). The number of carbonyl (C=O) groups excluding carboxylic acids is 1. The van der Waals surface area contributed by atoms with Crippen molar-refractivity contribution in [1.29, 1.82) is 0 Å². The molecule has 0 spiro atoms. The Balaban J connectivity index is 2.21. The Bertz CT molecular complexity index is 701. The van der Waals surface area contributed by atoms with Crippen LogP contribution in [0.1, 0.15) is 21.6 Å². The van der Waals surface area contributed by atoms with Crippen molar-refractivity contribution in [2.75, 3.05) is 5.32 Å². The molecule has 1 amide bonds. The maximum absolute atomic E-state index is 13.7. The van der Waals surface area contributed by atoms with Crippen LogP contribution in [-0.2, 0) is 11.2 Å². The molecule has 1 aromatic carbocycles. The molecule has 5 nitrogen and oxygen atoms in total. The Labute approximate surface area is 120 Å². The minimum absolute atomic E-state index is 0.0555. The van der Waals surface area contributed by atoms with Crippen LogP contribution < -0.4 is 5.32 Å². The second-order valence-corrected chi connectivity index (χ2v) is 4.46. The van der Waals surface area contributed by atoms with Gasteiger partial charge < -0.3 is 10.4 Å². The van der Waals surface area contributed by atoms with Crippen LogP contribution in [0, 0.1) is 12.7 Å². The van der Waals surface area contributed by atoms with Gasteiger partial charge in [-0.1, -0.05) is 12.1 Å². The van der Waals surface area contributed by atoms with Crippen molar-refractivity contribution in [2.45, 2.75) is 13.3 Å². The average molecular weight is 288 g/mol. The summed E-state index contributed by atoms with van der Waals surface area (Å²) in [6, 6.07) is 7.15. The molecule has 1 aromatic heterocycles. The number of anilines is 1. The molecule has 0 bridgehead atoms. The number of aromatic nitrogens is 1. The highest BCUT2D eigenvalue weighted by Crippen LogP contribution is 2.20. The number of aromatic carboxylic acids is 1. The molecule has 2 N–H and O–H groups in total. The number of pyridine rings is 1. The Morgan fingerprint density at radius 3 is 2.71 bits per heavy atom. The van der Waals surface area contributed by atoms with E-state index in [1.807, 2.05) is 0 Å². The van der Waals surface area contributed by atoms with E-state index in [0.29, 0.717) is 5.69 Å². The number of rotatable bonds is 4. The molecule has 1 heterocycles. The number of carbonyl (C=O) groups is 2. The molecule has 6 heteroatoms. The number of hydrogen-bond acceptors (Lipinski definition) is 3. The van der Waals surface area contributed by atoms with Gasteiger partial charge >= 0.3 is 5.97 Å². The lowest BCUT2D eigenvalue weighted by molar-refractivity contribution is -0.115. The number of benzene rings is 1. The minimum Gasteiger partial charge on any atom is -0.478 e. The zero-order chi connectivity index (χ0) is 15.4. The highest BCUT2D eigenvalue weighted by Gasteiger charge is 2.17. The molecule has 2 rings (SSSR count). The summed E-state index contributed by atoms with van der Waals surface area (Å²) < 4.78 is 13.7. The molecule has 0 saturated carbocycles. The summed E-state index contributed by atoms with van der Waals surface area (Å²) >= 11 is 0. The third-order valence-electron chi connectivity index (χ3n) is 2.95. The van der Waals surface area contributed by atoms with Crippen molar-refractivity contribution in [1.82, 2.24) is 4.98 Å². The van der Waals surface area contributed by atoms with Gasteiger partial charge in [0.25, 0.3) is 0 Å². The van der Waals surface area contributed by atoms with E-state index in [2.05, 4.69) is 10.3 Å². The summed E-state index contributed by atoms with van der Waals surface area (Å²) in [4.78, 5) is 27.1. The van der Waals surface area contributed by atoms with Crippen molar-refractivity contribution in [2.24, 2.45) is 0 Å². The van der Waals surface area contributed by atoms with Crippen LogP contribution in [0.25, 0.3) is 0 Å². The van der Waals surface area contributed by atoms with E-state index in [1.54, 1.807) is 25.3 Å². The maximum atomic E-state index is 13.7. The highest BCUT2D eigenvalue weighted by atomic mass is 19.1.